The molecule has 8 nitrogen and oxygen atoms in total. The molecule has 0 saturated carbocycles. The summed E-state index contributed by atoms with van der Waals surface area (Å²) in [6.45, 7) is 3.25. The summed E-state index contributed by atoms with van der Waals surface area (Å²) in [7, 11) is 1.72. The topological polar surface area (TPSA) is 86.3 Å². The monoisotopic (exact) mass is 397 g/mol. The second-order valence-electron chi connectivity index (χ2n) is 6.27. The van der Waals surface area contributed by atoms with Crippen LogP contribution in [0.5, 0.6) is 5.75 Å². The summed E-state index contributed by atoms with van der Waals surface area (Å²) in [5.41, 5.74) is 1.16. The van der Waals surface area contributed by atoms with Crippen molar-refractivity contribution in [2.24, 2.45) is 0 Å². The summed E-state index contributed by atoms with van der Waals surface area (Å²) in [6, 6.07) is 7.60. The average molecular weight is 397 g/mol. The summed E-state index contributed by atoms with van der Waals surface area (Å²) >= 11 is 1.64. The van der Waals surface area contributed by atoms with Crippen molar-refractivity contribution in [2.45, 2.75) is 20.1 Å². The number of ether oxygens (including phenoxy) is 1. The van der Waals surface area contributed by atoms with E-state index >= 15 is 0 Å². The second kappa shape index (κ2) is 7.81. The van der Waals surface area contributed by atoms with Gasteiger partial charge in [-0.2, -0.15) is 5.10 Å². The Labute approximate surface area is 165 Å². The third kappa shape index (κ3) is 4.04. The van der Waals surface area contributed by atoms with Crippen LogP contribution in [0.2, 0.25) is 0 Å². The van der Waals surface area contributed by atoms with Gasteiger partial charge in [0.25, 0.3) is 5.91 Å². The molecule has 144 valence electrons. The highest BCUT2D eigenvalue weighted by Gasteiger charge is 2.17. The molecule has 0 bridgehead atoms. The van der Waals surface area contributed by atoms with Gasteiger partial charge >= 0.3 is 0 Å². The number of aromatic nitrogens is 4. The Morgan fingerprint density at radius 1 is 1.36 bits per heavy atom. The molecule has 0 atom stereocenters. The molecule has 3 aromatic heterocycles. The van der Waals surface area contributed by atoms with E-state index in [1.807, 2.05) is 37.4 Å². The number of thiazole rings is 1. The number of aryl methyl sites for hydroxylation is 1. The number of likely N-dealkylation sites (N-methyl/N-ethyl adjacent to an activating group) is 1. The van der Waals surface area contributed by atoms with Crippen LogP contribution in [0.4, 0.5) is 0 Å². The van der Waals surface area contributed by atoms with Crippen molar-refractivity contribution in [3.8, 4) is 5.75 Å². The first-order valence-corrected chi connectivity index (χ1v) is 9.57. The Kier molecular flexibility index (Phi) is 5.07. The zero-order valence-electron chi connectivity index (χ0n) is 15.5. The van der Waals surface area contributed by atoms with Gasteiger partial charge in [0.2, 0.25) is 5.89 Å². The molecule has 0 unspecified atom stereocenters. The van der Waals surface area contributed by atoms with Crippen LogP contribution in [-0.2, 0) is 13.2 Å². The van der Waals surface area contributed by atoms with Gasteiger partial charge in [0.1, 0.15) is 12.0 Å². The molecule has 0 saturated heterocycles. The van der Waals surface area contributed by atoms with Gasteiger partial charge in [-0.05, 0) is 25.1 Å². The minimum Gasteiger partial charge on any atom is -0.484 e. The number of hydrogen-bond donors (Lipinski definition) is 0. The van der Waals surface area contributed by atoms with E-state index in [9.17, 15) is 4.79 Å². The second-order valence-corrected chi connectivity index (χ2v) is 7.51. The largest absolute Gasteiger partial charge is 0.484 e. The molecular formula is C19H19N5O3S. The SMILES string of the molecule is Cc1nc2cc(OCc3nc(C(=O)N(C)CCn4cccn4)co3)ccc2s1. The Balaban J connectivity index is 1.34. The summed E-state index contributed by atoms with van der Waals surface area (Å²) in [4.78, 5) is 22.7. The summed E-state index contributed by atoms with van der Waals surface area (Å²) in [5.74, 6) is 0.820. The van der Waals surface area contributed by atoms with Crippen molar-refractivity contribution in [3.05, 3.63) is 59.5 Å². The van der Waals surface area contributed by atoms with Crippen LogP contribution in [0.3, 0.4) is 0 Å². The van der Waals surface area contributed by atoms with Crippen LogP contribution in [0.1, 0.15) is 21.4 Å². The van der Waals surface area contributed by atoms with Gasteiger partial charge in [-0.25, -0.2) is 9.97 Å². The Morgan fingerprint density at radius 2 is 2.25 bits per heavy atom. The molecule has 28 heavy (non-hydrogen) atoms. The van der Waals surface area contributed by atoms with E-state index in [0.717, 1.165) is 15.2 Å². The molecular weight excluding hydrogens is 378 g/mol. The number of amides is 1. The quantitative estimate of drug-likeness (QED) is 0.476. The third-order valence-electron chi connectivity index (χ3n) is 4.17. The van der Waals surface area contributed by atoms with Crippen LogP contribution >= 0.6 is 11.3 Å². The van der Waals surface area contributed by atoms with Gasteiger partial charge in [0.15, 0.2) is 12.3 Å². The standard InChI is InChI=1S/C19H19N5O3S/c1-13-21-15-10-14(4-5-17(15)28-13)26-12-18-22-16(11-27-18)19(25)23(2)8-9-24-7-3-6-20-24/h3-7,10-11H,8-9,12H2,1-2H3. The van der Waals surface area contributed by atoms with Crippen LogP contribution < -0.4 is 4.74 Å². The molecule has 1 aromatic carbocycles. The lowest BCUT2D eigenvalue weighted by atomic mass is 10.3. The Hall–Kier alpha value is -3.20. The smallest absolute Gasteiger partial charge is 0.275 e. The molecule has 0 radical (unpaired) electrons. The lowest BCUT2D eigenvalue weighted by Gasteiger charge is -2.15. The van der Waals surface area contributed by atoms with E-state index in [4.69, 9.17) is 9.15 Å². The number of nitrogens with zero attached hydrogens (tertiary/aromatic N) is 5. The van der Waals surface area contributed by atoms with Crippen molar-refractivity contribution in [1.29, 1.82) is 0 Å². The first kappa shape index (κ1) is 18.2. The predicted molar refractivity (Wildman–Crippen MR) is 104 cm³/mol. The number of benzene rings is 1. The van der Waals surface area contributed by atoms with Crippen molar-refractivity contribution < 1.29 is 13.9 Å². The highest BCUT2D eigenvalue weighted by molar-refractivity contribution is 7.18. The molecule has 0 spiro atoms. The van der Waals surface area contributed by atoms with Crippen LogP contribution in [-0.4, -0.2) is 44.1 Å². The maximum atomic E-state index is 12.5. The van der Waals surface area contributed by atoms with Crippen molar-refractivity contribution in [3.63, 3.8) is 0 Å². The fraction of sp³-hybridized carbons (Fsp3) is 0.263. The number of oxazole rings is 1. The molecule has 0 aliphatic carbocycles. The third-order valence-corrected chi connectivity index (χ3v) is 5.12. The molecule has 0 fully saturated rings. The maximum absolute atomic E-state index is 12.5. The predicted octanol–water partition coefficient (Wildman–Crippen LogP) is 3.14. The van der Waals surface area contributed by atoms with Gasteiger partial charge in [0.05, 0.1) is 21.8 Å². The molecule has 3 heterocycles. The first-order valence-electron chi connectivity index (χ1n) is 8.76. The van der Waals surface area contributed by atoms with Crippen molar-refractivity contribution in [1.82, 2.24) is 24.6 Å². The highest BCUT2D eigenvalue weighted by atomic mass is 32.1. The van der Waals surface area contributed by atoms with Crippen molar-refractivity contribution >= 4 is 27.5 Å². The molecule has 0 aliphatic rings. The van der Waals surface area contributed by atoms with Gasteiger partial charge in [-0.15, -0.1) is 11.3 Å². The van der Waals surface area contributed by atoms with Gasteiger partial charge in [0, 0.05) is 32.1 Å². The molecule has 0 N–H and O–H groups in total. The van der Waals surface area contributed by atoms with Gasteiger partial charge < -0.3 is 14.1 Å². The number of fused-ring (bicyclic) bond motifs is 1. The van der Waals surface area contributed by atoms with Crippen LogP contribution in [0, 0.1) is 6.92 Å². The number of carbonyl (C=O) groups is 1. The Morgan fingerprint density at radius 3 is 3.07 bits per heavy atom. The van der Waals surface area contributed by atoms with Gasteiger partial charge in [-0.3, -0.25) is 9.48 Å². The van der Waals surface area contributed by atoms with E-state index in [0.29, 0.717) is 24.7 Å². The first-order chi connectivity index (χ1) is 13.6. The highest BCUT2D eigenvalue weighted by Crippen LogP contribution is 2.26. The van der Waals surface area contributed by atoms with E-state index in [-0.39, 0.29) is 18.2 Å². The van der Waals surface area contributed by atoms with E-state index in [1.54, 1.807) is 34.2 Å². The normalized spacial score (nSPS) is 11.1. The van der Waals surface area contributed by atoms with Crippen molar-refractivity contribution in [2.75, 3.05) is 13.6 Å². The molecule has 0 aliphatic heterocycles. The maximum Gasteiger partial charge on any atom is 0.275 e. The lowest BCUT2D eigenvalue weighted by Crippen LogP contribution is -2.30. The Bertz CT molecular complexity index is 1090. The number of carbonyl (C=O) groups excluding carboxylic acids is 1. The fourth-order valence-electron chi connectivity index (χ4n) is 2.71. The zero-order valence-corrected chi connectivity index (χ0v) is 16.3. The zero-order chi connectivity index (χ0) is 19.5. The number of rotatable bonds is 7. The van der Waals surface area contributed by atoms with Gasteiger partial charge in [-0.1, -0.05) is 0 Å². The fourth-order valence-corrected chi connectivity index (χ4v) is 3.52. The minimum atomic E-state index is -0.207. The summed E-state index contributed by atoms with van der Waals surface area (Å²) in [6.07, 6.45) is 4.92. The summed E-state index contributed by atoms with van der Waals surface area (Å²) in [5, 5.41) is 5.14. The number of hydrogen-bond acceptors (Lipinski definition) is 7. The van der Waals surface area contributed by atoms with E-state index < -0.39 is 0 Å². The molecule has 1 amide bonds. The molecule has 9 heteroatoms. The minimum absolute atomic E-state index is 0.138. The average Bonchev–Trinajstić information content (AvgIpc) is 3.43. The molecule has 4 aromatic rings. The summed E-state index contributed by atoms with van der Waals surface area (Å²) < 4.78 is 14.0. The van der Waals surface area contributed by atoms with Crippen LogP contribution in [0.15, 0.2) is 47.3 Å². The lowest BCUT2D eigenvalue weighted by molar-refractivity contribution is 0.0783. The van der Waals surface area contributed by atoms with E-state index in [2.05, 4.69) is 15.1 Å². The molecule has 4 rings (SSSR count). The van der Waals surface area contributed by atoms with Crippen LogP contribution in [0.25, 0.3) is 10.2 Å². The van der Waals surface area contributed by atoms with E-state index in [1.165, 1.54) is 6.26 Å².